The molecule has 2 aromatic rings. The number of aldehydes is 1. The summed E-state index contributed by atoms with van der Waals surface area (Å²) < 4.78 is 5.50. The van der Waals surface area contributed by atoms with Crippen molar-refractivity contribution in [1.29, 1.82) is 0 Å². The molecule has 1 heterocycles. The molecule has 3 heteroatoms. The van der Waals surface area contributed by atoms with E-state index >= 15 is 0 Å². The van der Waals surface area contributed by atoms with E-state index in [0.29, 0.717) is 18.3 Å². The average Bonchev–Trinajstić information content (AvgIpc) is 2.95. The highest BCUT2D eigenvalue weighted by atomic mass is 16.5. The van der Waals surface area contributed by atoms with Gasteiger partial charge in [0.25, 0.3) is 0 Å². The van der Waals surface area contributed by atoms with E-state index in [9.17, 15) is 9.90 Å². The Morgan fingerprint density at radius 2 is 2.10 bits per heavy atom. The van der Waals surface area contributed by atoms with Crippen molar-refractivity contribution in [2.75, 3.05) is 6.61 Å². The molecule has 1 aliphatic heterocycles. The molecule has 1 aliphatic rings. The molecule has 0 fully saturated rings. The second-order valence-electron chi connectivity index (χ2n) is 4.97. The van der Waals surface area contributed by atoms with Crippen LogP contribution in [0.3, 0.4) is 0 Å². The molecule has 0 aliphatic carbocycles. The molecular formula is C17H16O3. The number of carbonyl (C=O) groups excluding carboxylic acids is 1. The van der Waals surface area contributed by atoms with Gasteiger partial charge in [0.2, 0.25) is 0 Å². The first-order valence-electron chi connectivity index (χ1n) is 6.80. The molecule has 3 rings (SSSR count). The van der Waals surface area contributed by atoms with Crippen LogP contribution in [0.15, 0.2) is 30.3 Å². The minimum absolute atomic E-state index is 0.0933. The number of fused-ring (bicyclic) bond motifs is 1. The maximum absolute atomic E-state index is 11.1. The van der Waals surface area contributed by atoms with Crippen LogP contribution in [0, 0.1) is 0 Å². The molecule has 0 unspecified atom stereocenters. The highest BCUT2D eigenvalue weighted by molar-refractivity contribution is 5.84. The molecule has 0 atom stereocenters. The first-order valence-corrected chi connectivity index (χ1v) is 6.80. The number of phenols is 1. The van der Waals surface area contributed by atoms with Crippen molar-refractivity contribution in [1.82, 2.24) is 0 Å². The van der Waals surface area contributed by atoms with Gasteiger partial charge in [-0.2, -0.15) is 0 Å². The minimum Gasteiger partial charge on any atom is -0.507 e. The lowest BCUT2D eigenvalue weighted by atomic mass is 9.96. The fraction of sp³-hybridized carbons (Fsp3) is 0.235. The molecule has 2 aromatic carbocycles. The number of ether oxygens (including phenoxy) is 1. The SMILES string of the molecule is CCc1cc(-c2ccc3c(c2)CCO3)cc(C=O)c1O. The van der Waals surface area contributed by atoms with Crippen LogP contribution < -0.4 is 4.74 Å². The van der Waals surface area contributed by atoms with E-state index in [-0.39, 0.29) is 5.75 Å². The normalized spacial score (nSPS) is 12.8. The third kappa shape index (κ3) is 2.05. The summed E-state index contributed by atoms with van der Waals surface area (Å²) in [5.41, 5.74) is 4.34. The third-order valence-corrected chi connectivity index (χ3v) is 3.75. The van der Waals surface area contributed by atoms with E-state index in [1.165, 1.54) is 5.56 Å². The molecule has 0 saturated carbocycles. The molecule has 0 saturated heterocycles. The summed E-state index contributed by atoms with van der Waals surface area (Å²) in [7, 11) is 0. The molecule has 0 aromatic heterocycles. The van der Waals surface area contributed by atoms with Crippen LogP contribution in [-0.2, 0) is 12.8 Å². The van der Waals surface area contributed by atoms with Crippen LogP contribution in [-0.4, -0.2) is 18.0 Å². The van der Waals surface area contributed by atoms with E-state index in [1.807, 2.05) is 25.1 Å². The van der Waals surface area contributed by atoms with Crippen molar-refractivity contribution in [2.45, 2.75) is 19.8 Å². The quantitative estimate of drug-likeness (QED) is 0.868. The topological polar surface area (TPSA) is 46.5 Å². The van der Waals surface area contributed by atoms with Crippen LogP contribution >= 0.6 is 0 Å². The van der Waals surface area contributed by atoms with Crippen molar-refractivity contribution in [3.8, 4) is 22.6 Å². The Balaban J connectivity index is 2.12. The van der Waals surface area contributed by atoms with Crippen LogP contribution in [0.25, 0.3) is 11.1 Å². The molecule has 0 spiro atoms. The largest absolute Gasteiger partial charge is 0.507 e. The molecule has 0 radical (unpaired) electrons. The van der Waals surface area contributed by atoms with Crippen LogP contribution in [0.4, 0.5) is 0 Å². The van der Waals surface area contributed by atoms with E-state index in [4.69, 9.17) is 4.74 Å². The number of rotatable bonds is 3. The number of aryl methyl sites for hydroxylation is 1. The Morgan fingerprint density at radius 3 is 2.85 bits per heavy atom. The van der Waals surface area contributed by atoms with Gasteiger partial charge in [0.1, 0.15) is 11.5 Å². The summed E-state index contributed by atoms with van der Waals surface area (Å²) in [5, 5.41) is 9.96. The van der Waals surface area contributed by atoms with Gasteiger partial charge in [-0.05, 0) is 52.9 Å². The molecule has 1 N–H and O–H groups in total. The predicted molar refractivity (Wildman–Crippen MR) is 77.5 cm³/mol. The first-order chi connectivity index (χ1) is 9.72. The van der Waals surface area contributed by atoms with Gasteiger partial charge in [0.05, 0.1) is 12.2 Å². The van der Waals surface area contributed by atoms with Gasteiger partial charge in [0.15, 0.2) is 6.29 Å². The zero-order valence-electron chi connectivity index (χ0n) is 11.3. The van der Waals surface area contributed by atoms with Crippen molar-refractivity contribution in [2.24, 2.45) is 0 Å². The second kappa shape index (κ2) is 5.00. The zero-order chi connectivity index (χ0) is 14.1. The summed E-state index contributed by atoms with van der Waals surface area (Å²) in [4.78, 5) is 11.1. The lowest BCUT2D eigenvalue weighted by Crippen LogP contribution is -1.91. The number of hydrogen-bond acceptors (Lipinski definition) is 3. The van der Waals surface area contributed by atoms with Gasteiger partial charge >= 0.3 is 0 Å². The van der Waals surface area contributed by atoms with Crippen molar-refractivity contribution in [3.05, 3.63) is 47.0 Å². The van der Waals surface area contributed by atoms with Gasteiger partial charge < -0.3 is 9.84 Å². The van der Waals surface area contributed by atoms with Crippen molar-refractivity contribution in [3.63, 3.8) is 0 Å². The summed E-state index contributed by atoms with van der Waals surface area (Å²) in [6.45, 7) is 2.69. The molecule has 0 amide bonds. The Hall–Kier alpha value is -2.29. The number of benzene rings is 2. The lowest BCUT2D eigenvalue weighted by molar-refractivity contribution is 0.112. The highest BCUT2D eigenvalue weighted by Gasteiger charge is 2.14. The maximum atomic E-state index is 11.1. The third-order valence-electron chi connectivity index (χ3n) is 3.75. The highest BCUT2D eigenvalue weighted by Crippen LogP contribution is 2.33. The summed E-state index contributed by atoms with van der Waals surface area (Å²) in [6.07, 6.45) is 2.31. The van der Waals surface area contributed by atoms with Crippen molar-refractivity contribution < 1.29 is 14.6 Å². The maximum Gasteiger partial charge on any atom is 0.153 e. The standard InChI is InChI=1S/C17H16O3/c1-2-11-7-14(9-15(10-18)17(11)19)12-3-4-16-13(8-12)5-6-20-16/h3-4,7-10,19H,2,5-6H2,1H3. The molecule has 20 heavy (non-hydrogen) atoms. The minimum atomic E-state index is 0.0933. The molecule has 3 nitrogen and oxygen atoms in total. The van der Waals surface area contributed by atoms with Crippen LogP contribution in [0.2, 0.25) is 0 Å². The molecular weight excluding hydrogens is 252 g/mol. The second-order valence-corrected chi connectivity index (χ2v) is 4.97. The van der Waals surface area contributed by atoms with Gasteiger partial charge in [-0.1, -0.05) is 13.0 Å². The van der Waals surface area contributed by atoms with Gasteiger partial charge in [-0.15, -0.1) is 0 Å². The Bertz CT molecular complexity index is 674. The monoisotopic (exact) mass is 268 g/mol. The predicted octanol–water partition coefficient (Wildman–Crippen LogP) is 3.37. The summed E-state index contributed by atoms with van der Waals surface area (Å²) in [5.74, 6) is 1.04. The number of carbonyl (C=O) groups is 1. The first kappa shape index (κ1) is 12.7. The van der Waals surface area contributed by atoms with E-state index in [1.54, 1.807) is 6.07 Å². The van der Waals surface area contributed by atoms with Crippen LogP contribution in [0.5, 0.6) is 11.5 Å². The summed E-state index contributed by atoms with van der Waals surface area (Å²) >= 11 is 0. The van der Waals surface area contributed by atoms with E-state index in [2.05, 4.69) is 6.07 Å². The fourth-order valence-corrected chi connectivity index (χ4v) is 2.61. The van der Waals surface area contributed by atoms with E-state index in [0.717, 1.165) is 35.5 Å². The van der Waals surface area contributed by atoms with Gasteiger partial charge in [0, 0.05) is 6.42 Å². The average molecular weight is 268 g/mol. The summed E-state index contributed by atoms with van der Waals surface area (Å²) in [6, 6.07) is 9.74. The number of phenolic OH excluding ortho intramolecular Hbond substituents is 1. The fourth-order valence-electron chi connectivity index (χ4n) is 2.61. The smallest absolute Gasteiger partial charge is 0.153 e. The zero-order valence-corrected chi connectivity index (χ0v) is 11.3. The van der Waals surface area contributed by atoms with Crippen LogP contribution in [0.1, 0.15) is 28.4 Å². The molecule has 0 bridgehead atoms. The Labute approximate surface area is 117 Å². The molecule has 102 valence electrons. The number of aromatic hydroxyl groups is 1. The lowest BCUT2D eigenvalue weighted by Gasteiger charge is -2.10. The van der Waals surface area contributed by atoms with E-state index < -0.39 is 0 Å². The number of hydrogen-bond donors (Lipinski definition) is 1. The Morgan fingerprint density at radius 1 is 1.25 bits per heavy atom. The van der Waals surface area contributed by atoms with Gasteiger partial charge in [-0.3, -0.25) is 4.79 Å². The van der Waals surface area contributed by atoms with Gasteiger partial charge in [-0.25, -0.2) is 0 Å². The Kier molecular flexibility index (Phi) is 3.18. The van der Waals surface area contributed by atoms with Crippen molar-refractivity contribution >= 4 is 6.29 Å².